The fraction of sp³-hybridized carbons (Fsp3) is 0.769. The van der Waals surface area contributed by atoms with Gasteiger partial charge in [-0.25, -0.2) is 8.42 Å². The van der Waals surface area contributed by atoms with Gasteiger partial charge in [-0.05, 0) is 27.4 Å². The molecule has 0 saturated carbocycles. The van der Waals surface area contributed by atoms with E-state index in [9.17, 15) is 8.42 Å². The molecule has 122 valence electrons. The zero-order valence-corrected chi connectivity index (χ0v) is 14.0. The smallest absolute Gasteiger partial charge is 0.246 e. The number of hydrogen-bond acceptors (Lipinski definition) is 5. The second-order valence-corrected chi connectivity index (χ2v) is 7.23. The molecule has 0 amide bonds. The number of aromatic nitrogens is 2. The molecule has 0 radical (unpaired) electrons. The lowest BCUT2D eigenvalue weighted by molar-refractivity contribution is 0.271. The second-order valence-electron chi connectivity index (χ2n) is 5.34. The summed E-state index contributed by atoms with van der Waals surface area (Å²) >= 11 is 0. The average Bonchev–Trinajstić information content (AvgIpc) is 2.85. The topological polar surface area (TPSA) is 78.7 Å². The van der Waals surface area contributed by atoms with E-state index < -0.39 is 10.0 Å². The van der Waals surface area contributed by atoms with Gasteiger partial charge in [-0.15, -0.1) is 0 Å². The Morgan fingerprint density at radius 2 is 2.10 bits per heavy atom. The fourth-order valence-electron chi connectivity index (χ4n) is 2.31. The molecule has 1 aromatic rings. The van der Waals surface area contributed by atoms with Crippen molar-refractivity contribution in [2.75, 3.05) is 33.8 Å². The van der Waals surface area contributed by atoms with Gasteiger partial charge in [0.25, 0.3) is 0 Å². The Balaban J connectivity index is 2.93. The van der Waals surface area contributed by atoms with Crippen LogP contribution >= 0.6 is 0 Å². The number of sulfonamides is 1. The maximum absolute atomic E-state index is 12.7. The van der Waals surface area contributed by atoms with Gasteiger partial charge < -0.3 is 10.0 Å². The van der Waals surface area contributed by atoms with Crippen molar-refractivity contribution >= 4 is 10.0 Å². The summed E-state index contributed by atoms with van der Waals surface area (Å²) in [5.41, 5.74) is 0. The Hall–Kier alpha value is -0.960. The summed E-state index contributed by atoms with van der Waals surface area (Å²) in [5, 5.41) is 12.9. The molecule has 0 spiro atoms. The third-order valence-electron chi connectivity index (χ3n) is 3.19. The standard InChI is InChI=1S/C13H26N4O3S/c1-5-17(12(2)10-15(3)4)21(19,20)13-9-14-16(11-13)7-6-8-18/h9,11-12,18H,5-8,10H2,1-4H3. The lowest BCUT2D eigenvalue weighted by atomic mass is 10.3. The molecule has 0 aliphatic heterocycles. The molecule has 0 aliphatic rings. The Bertz CT molecular complexity index is 527. The lowest BCUT2D eigenvalue weighted by Crippen LogP contribution is -2.43. The van der Waals surface area contributed by atoms with Gasteiger partial charge in [0.2, 0.25) is 10.0 Å². The van der Waals surface area contributed by atoms with Crippen LogP contribution in [0.2, 0.25) is 0 Å². The van der Waals surface area contributed by atoms with Gasteiger partial charge in [-0.3, -0.25) is 4.68 Å². The van der Waals surface area contributed by atoms with E-state index in [0.29, 0.717) is 26.1 Å². The number of hydrogen-bond donors (Lipinski definition) is 1. The van der Waals surface area contributed by atoms with Crippen molar-refractivity contribution in [1.82, 2.24) is 19.0 Å². The number of nitrogens with zero attached hydrogens (tertiary/aromatic N) is 4. The van der Waals surface area contributed by atoms with Crippen LogP contribution in [0.3, 0.4) is 0 Å². The van der Waals surface area contributed by atoms with E-state index in [1.165, 1.54) is 16.7 Å². The Kier molecular flexibility index (Phi) is 6.79. The predicted octanol–water partition coefficient (Wildman–Crippen LogP) is 0.226. The van der Waals surface area contributed by atoms with Gasteiger partial charge in [-0.1, -0.05) is 6.92 Å². The number of likely N-dealkylation sites (N-methyl/N-ethyl adjacent to an activating group) is 2. The van der Waals surface area contributed by atoms with Crippen LogP contribution in [0.4, 0.5) is 0 Å². The third kappa shape index (κ3) is 4.77. The summed E-state index contributed by atoms with van der Waals surface area (Å²) in [6, 6.07) is -0.115. The van der Waals surface area contributed by atoms with Crippen LogP contribution in [0.15, 0.2) is 17.3 Å². The molecule has 0 aliphatic carbocycles. The maximum atomic E-state index is 12.7. The van der Waals surface area contributed by atoms with E-state index in [1.54, 1.807) is 4.68 Å². The predicted molar refractivity (Wildman–Crippen MR) is 81.5 cm³/mol. The van der Waals surface area contributed by atoms with Crippen molar-refractivity contribution < 1.29 is 13.5 Å². The van der Waals surface area contributed by atoms with E-state index in [-0.39, 0.29) is 17.5 Å². The summed E-state index contributed by atoms with van der Waals surface area (Å²) in [4.78, 5) is 2.17. The third-order valence-corrected chi connectivity index (χ3v) is 5.24. The largest absolute Gasteiger partial charge is 0.396 e. The van der Waals surface area contributed by atoms with Gasteiger partial charge in [0, 0.05) is 38.5 Å². The van der Waals surface area contributed by atoms with Crippen molar-refractivity contribution in [3.63, 3.8) is 0 Å². The van der Waals surface area contributed by atoms with Gasteiger partial charge >= 0.3 is 0 Å². The first-order valence-electron chi connectivity index (χ1n) is 7.12. The van der Waals surface area contributed by atoms with Crippen LogP contribution in [-0.4, -0.2) is 72.3 Å². The van der Waals surface area contributed by atoms with E-state index in [0.717, 1.165) is 0 Å². The number of aliphatic hydroxyl groups excluding tert-OH is 1. The molecule has 0 fully saturated rings. The Morgan fingerprint density at radius 3 is 2.62 bits per heavy atom. The van der Waals surface area contributed by atoms with E-state index >= 15 is 0 Å². The minimum atomic E-state index is -3.54. The summed E-state index contributed by atoms with van der Waals surface area (Å²) in [6.45, 7) is 5.37. The average molecular weight is 318 g/mol. The quantitative estimate of drug-likeness (QED) is 0.705. The Morgan fingerprint density at radius 1 is 1.43 bits per heavy atom. The molecule has 8 heteroatoms. The van der Waals surface area contributed by atoms with Gasteiger partial charge in [0.1, 0.15) is 4.90 Å². The molecule has 1 unspecified atom stereocenters. The second kappa shape index (κ2) is 7.88. The van der Waals surface area contributed by atoms with E-state index in [1.807, 2.05) is 32.8 Å². The number of aliphatic hydroxyl groups is 1. The van der Waals surface area contributed by atoms with Crippen molar-refractivity contribution in [2.45, 2.75) is 37.8 Å². The van der Waals surface area contributed by atoms with E-state index in [2.05, 4.69) is 5.10 Å². The normalized spacial score (nSPS) is 14.0. The highest BCUT2D eigenvalue weighted by Crippen LogP contribution is 2.18. The molecular formula is C13H26N4O3S. The van der Waals surface area contributed by atoms with Crippen LogP contribution in [-0.2, 0) is 16.6 Å². The molecule has 7 nitrogen and oxygen atoms in total. The first kappa shape index (κ1) is 18.1. The van der Waals surface area contributed by atoms with Crippen molar-refractivity contribution in [1.29, 1.82) is 0 Å². The summed E-state index contributed by atoms with van der Waals surface area (Å²) < 4.78 is 28.4. The van der Waals surface area contributed by atoms with Gasteiger partial charge in [-0.2, -0.15) is 9.40 Å². The molecule has 0 aromatic carbocycles. The monoisotopic (exact) mass is 318 g/mol. The molecule has 0 bridgehead atoms. The summed E-state index contributed by atoms with van der Waals surface area (Å²) in [7, 11) is 0.302. The van der Waals surface area contributed by atoms with Crippen molar-refractivity contribution in [3.8, 4) is 0 Å². The van der Waals surface area contributed by atoms with Crippen molar-refractivity contribution in [3.05, 3.63) is 12.4 Å². The zero-order chi connectivity index (χ0) is 16.0. The molecule has 1 N–H and O–H groups in total. The van der Waals surface area contributed by atoms with Crippen LogP contribution < -0.4 is 0 Å². The minimum absolute atomic E-state index is 0.0584. The summed E-state index contributed by atoms with van der Waals surface area (Å²) in [6.07, 6.45) is 3.45. The molecule has 1 rings (SSSR count). The van der Waals surface area contributed by atoms with Crippen molar-refractivity contribution in [2.24, 2.45) is 0 Å². The molecule has 21 heavy (non-hydrogen) atoms. The summed E-state index contributed by atoms with van der Waals surface area (Å²) in [5.74, 6) is 0. The fourth-order valence-corrected chi connectivity index (χ4v) is 3.89. The maximum Gasteiger partial charge on any atom is 0.246 e. The minimum Gasteiger partial charge on any atom is -0.396 e. The first-order valence-corrected chi connectivity index (χ1v) is 8.56. The van der Waals surface area contributed by atoms with Crippen LogP contribution in [0.5, 0.6) is 0 Å². The molecule has 1 aromatic heterocycles. The highest BCUT2D eigenvalue weighted by Gasteiger charge is 2.29. The zero-order valence-electron chi connectivity index (χ0n) is 13.2. The lowest BCUT2D eigenvalue weighted by Gasteiger charge is -2.28. The SMILES string of the molecule is CCN(C(C)CN(C)C)S(=O)(=O)c1cnn(CCCO)c1. The molecule has 0 saturated heterocycles. The highest BCUT2D eigenvalue weighted by molar-refractivity contribution is 7.89. The molecule has 1 atom stereocenters. The molecule has 1 heterocycles. The van der Waals surface area contributed by atoms with Gasteiger partial charge in [0.05, 0.1) is 6.20 Å². The Labute approximate surface area is 127 Å². The number of aryl methyl sites for hydroxylation is 1. The number of rotatable bonds is 9. The van der Waals surface area contributed by atoms with Gasteiger partial charge in [0.15, 0.2) is 0 Å². The van der Waals surface area contributed by atoms with E-state index in [4.69, 9.17) is 5.11 Å². The highest BCUT2D eigenvalue weighted by atomic mass is 32.2. The molecular weight excluding hydrogens is 292 g/mol. The van der Waals surface area contributed by atoms with Crippen LogP contribution in [0.25, 0.3) is 0 Å². The van der Waals surface area contributed by atoms with Crippen LogP contribution in [0, 0.1) is 0 Å². The first-order chi connectivity index (χ1) is 9.82. The van der Waals surface area contributed by atoms with Crippen LogP contribution in [0.1, 0.15) is 20.3 Å².